The summed E-state index contributed by atoms with van der Waals surface area (Å²) in [5, 5.41) is 14.3. The highest BCUT2D eigenvalue weighted by Gasteiger charge is 2.22. The average Bonchev–Trinajstić information content (AvgIpc) is 2.97. The summed E-state index contributed by atoms with van der Waals surface area (Å²) in [6.07, 6.45) is 7.02. The third-order valence-electron chi connectivity index (χ3n) is 7.04. The van der Waals surface area contributed by atoms with Crippen molar-refractivity contribution in [2.24, 2.45) is 5.10 Å². The van der Waals surface area contributed by atoms with E-state index in [0.29, 0.717) is 44.9 Å². The molecule has 212 valence electrons. The van der Waals surface area contributed by atoms with E-state index in [1.165, 1.54) is 11.1 Å². The van der Waals surface area contributed by atoms with Crippen LogP contribution in [0.1, 0.15) is 72.3 Å². The van der Waals surface area contributed by atoms with Crippen LogP contribution in [0.2, 0.25) is 0 Å². The number of carboxylic acid groups (broad SMARTS) is 1. The van der Waals surface area contributed by atoms with Gasteiger partial charge < -0.3 is 14.6 Å². The van der Waals surface area contributed by atoms with E-state index in [1.54, 1.807) is 36.5 Å². The molecule has 0 unspecified atom stereocenters. The molecule has 0 atom stereocenters. The van der Waals surface area contributed by atoms with Crippen LogP contribution in [0.25, 0.3) is 10.9 Å². The van der Waals surface area contributed by atoms with Gasteiger partial charge in [-0.3, -0.25) is 4.79 Å². The fourth-order valence-electron chi connectivity index (χ4n) is 4.99. The maximum Gasteiger partial charge on any atom is 0.335 e. The lowest BCUT2D eigenvalue weighted by molar-refractivity contribution is 0.0697. The molecule has 1 aromatic heterocycles. The molecule has 1 N–H and O–H groups in total. The Kier molecular flexibility index (Phi) is 9.19. The third-order valence-corrected chi connectivity index (χ3v) is 8.12. The minimum Gasteiger partial charge on any atom is -0.490 e. The summed E-state index contributed by atoms with van der Waals surface area (Å²) in [6, 6.07) is 15.7. The lowest BCUT2D eigenvalue weighted by Gasteiger charge is -2.22. The van der Waals surface area contributed by atoms with Gasteiger partial charge in [0, 0.05) is 10.4 Å². The molecule has 0 amide bonds. The molecular formula is C31H29Br2N3O5. The predicted octanol–water partition coefficient (Wildman–Crippen LogP) is 7.53. The zero-order valence-corrected chi connectivity index (χ0v) is 25.7. The summed E-state index contributed by atoms with van der Waals surface area (Å²) in [4.78, 5) is 29.7. The van der Waals surface area contributed by atoms with E-state index in [9.17, 15) is 9.59 Å². The van der Waals surface area contributed by atoms with Crippen molar-refractivity contribution in [2.75, 3.05) is 6.61 Å². The van der Waals surface area contributed by atoms with Crippen LogP contribution in [0.15, 0.2) is 73.4 Å². The number of carboxylic acids is 1. The Balaban J connectivity index is 1.47. The first kappa shape index (κ1) is 29.0. The van der Waals surface area contributed by atoms with Crippen molar-refractivity contribution in [2.45, 2.75) is 51.6 Å². The Morgan fingerprint density at radius 2 is 1.83 bits per heavy atom. The number of aromatic nitrogens is 2. The van der Waals surface area contributed by atoms with Gasteiger partial charge in [0.05, 0.1) is 33.8 Å². The Labute approximate surface area is 254 Å². The van der Waals surface area contributed by atoms with Gasteiger partial charge in [0.15, 0.2) is 11.5 Å². The monoisotopic (exact) mass is 681 g/mol. The van der Waals surface area contributed by atoms with Crippen LogP contribution >= 0.6 is 31.9 Å². The molecular weight excluding hydrogens is 654 g/mol. The molecule has 1 saturated carbocycles. The molecule has 1 aliphatic carbocycles. The van der Waals surface area contributed by atoms with E-state index in [0.717, 1.165) is 35.7 Å². The number of fused-ring (bicyclic) bond motifs is 1. The van der Waals surface area contributed by atoms with Crippen molar-refractivity contribution in [1.29, 1.82) is 0 Å². The van der Waals surface area contributed by atoms with E-state index >= 15 is 0 Å². The maximum atomic E-state index is 13.6. The lowest BCUT2D eigenvalue weighted by atomic mass is 9.88. The first-order valence-electron chi connectivity index (χ1n) is 13.5. The molecule has 3 aromatic carbocycles. The van der Waals surface area contributed by atoms with E-state index < -0.39 is 5.97 Å². The first-order chi connectivity index (χ1) is 19.8. The summed E-state index contributed by atoms with van der Waals surface area (Å²) < 4.78 is 14.9. The number of hydrogen-bond donors (Lipinski definition) is 1. The van der Waals surface area contributed by atoms with Gasteiger partial charge in [-0.05, 0) is 89.3 Å². The zero-order valence-electron chi connectivity index (χ0n) is 22.5. The largest absolute Gasteiger partial charge is 0.490 e. The van der Waals surface area contributed by atoms with Crippen LogP contribution in [0.4, 0.5) is 0 Å². The molecule has 1 fully saturated rings. The summed E-state index contributed by atoms with van der Waals surface area (Å²) in [5.41, 5.74) is 2.22. The highest BCUT2D eigenvalue weighted by Crippen LogP contribution is 2.37. The molecule has 0 radical (unpaired) electrons. The fraction of sp³-hybridized carbons (Fsp3) is 0.290. The molecule has 1 aliphatic rings. The van der Waals surface area contributed by atoms with E-state index in [1.807, 2.05) is 31.2 Å². The Hall–Kier alpha value is -3.50. The molecule has 41 heavy (non-hydrogen) atoms. The first-order valence-corrected chi connectivity index (χ1v) is 15.1. The molecule has 8 nitrogen and oxygen atoms in total. The van der Waals surface area contributed by atoms with Gasteiger partial charge in [0.25, 0.3) is 5.56 Å². The van der Waals surface area contributed by atoms with Gasteiger partial charge in [-0.15, -0.1) is 0 Å². The number of ether oxygens (including phenoxy) is 2. The minimum absolute atomic E-state index is 0.174. The van der Waals surface area contributed by atoms with Gasteiger partial charge >= 0.3 is 5.97 Å². The van der Waals surface area contributed by atoms with Gasteiger partial charge in [0.1, 0.15) is 12.4 Å². The molecule has 0 aliphatic heterocycles. The number of rotatable bonds is 9. The molecule has 0 spiro atoms. The van der Waals surface area contributed by atoms with E-state index in [2.05, 4.69) is 37.0 Å². The van der Waals surface area contributed by atoms with Crippen LogP contribution in [-0.4, -0.2) is 33.6 Å². The summed E-state index contributed by atoms with van der Waals surface area (Å²) in [7, 11) is 0. The summed E-state index contributed by atoms with van der Waals surface area (Å²) >= 11 is 7.07. The van der Waals surface area contributed by atoms with Crippen LogP contribution < -0.4 is 15.0 Å². The predicted molar refractivity (Wildman–Crippen MR) is 166 cm³/mol. The normalized spacial score (nSPS) is 14.0. The van der Waals surface area contributed by atoms with Crippen LogP contribution in [0.3, 0.4) is 0 Å². The second-order valence-electron chi connectivity index (χ2n) is 9.88. The highest BCUT2D eigenvalue weighted by molar-refractivity contribution is 9.10. The number of carbonyl (C=O) groups is 1. The topological polar surface area (TPSA) is 103 Å². The van der Waals surface area contributed by atoms with Crippen LogP contribution in [0.5, 0.6) is 11.5 Å². The van der Waals surface area contributed by atoms with Crippen molar-refractivity contribution >= 4 is 54.9 Å². The van der Waals surface area contributed by atoms with Gasteiger partial charge in [0.2, 0.25) is 0 Å². The smallest absolute Gasteiger partial charge is 0.335 e. The fourth-order valence-corrected chi connectivity index (χ4v) is 5.93. The van der Waals surface area contributed by atoms with Crippen LogP contribution in [0, 0.1) is 0 Å². The number of benzene rings is 3. The Bertz CT molecular complexity index is 1660. The van der Waals surface area contributed by atoms with Gasteiger partial charge in [-0.1, -0.05) is 47.3 Å². The zero-order chi connectivity index (χ0) is 28.9. The number of hydrogen-bond acceptors (Lipinski definition) is 6. The molecule has 4 aromatic rings. The summed E-state index contributed by atoms with van der Waals surface area (Å²) in [5.74, 6) is 0.928. The summed E-state index contributed by atoms with van der Waals surface area (Å²) in [6.45, 7) is 2.54. The Morgan fingerprint density at radius 1 is 1.07 bits per heavy atom. The minimum atomic E-state index is -0.975. The van der Waals surface area contributed by atoms with Gasteiger partial charge in [-0.25, -0.2) is 9.78 Å². The van der Waals surface area contributed by atoms with E-state index in [4.69, 9.17) is 19.6 Å². The van der Waals surface area contributed by atoms with Crippen molar-refractivity contribution in [3.05, 3.63) is 96.4 Å². The quantitative estimate of drug-likeness (QED) is 0.183. The van der Waals surface area contributed by atoms with Crippen LogP contribution in [-0.2, 0) is 6.61 Å². The third kappa shape index (κ3) is 6.70. The van der Waals surface area contributed by atoms with Crippen molar-refractivity contribution in [3.8, 4) is 11.5 Å². The Morgan fingerprint density at radius 3 is 2.54 bits per heavy atom. The van der Waals surface area contributed by atoms with Crippen molar-refractivity contribution < 1.29 is 19.4 Å². The number of halogens is 2. The number of aromatic carboxylic acids is 1. The highest BCUT2D eigenvalue weighted by atomic mass is 79.9. The second kappa shape index (κ2) is 13.0. The molecule has 1 heterocycles. The van der Waals surface area contributed by atoms with E-state index in [-0.39, 0.29) is 23.6 Å². The second-order valence-corrected chi connectivity index (χ2v) is 11.7. The molecule has 5 rings (SSSR count). The molecule has 0 bridgehead atoms. The number of nitrogens with zero attached hydrogens (tertiary/aromatic N) is 3. The maximum absolute atomic E-state index is 13.6. The standard InChI is InChI=1S/C31H29Br2N3O5/c1-2-40-27-15-20(14-25(33)28(27)41-18-19-8-10-22(11-9-19)31(38)39)17-34-36-29(21-6-4-3-5-7-21)35-26-13-12-23(32)16-24(26)30(36)37/h8-17,21H,2-7,18H2,1H3,(H,38,39). The SMILES string of the molecule is CCOc1cc(C=Nn2c(C3CCCCC3)nc3ccc(Br)cc3c2=O)cc(Br)c1OCc1ccc(C(=O)O)cc1. The van der Waals surface area contributed by atoms with Crippen molar-refractivity contribution in [1.82, 2.24) is 9.66 Å². The average molecular weight is 683 g/mol. The molecule has 0 saturated heterocycles. The van der Waals surface area contributed by atoms with Crippen molar-refractivity contribution in [3.63, 3.8) is 0 Å². The lowest BCUT2D eigenvalue weighted by Crippen LogP contribution is -2.25. The van der Waals surface area contributed by atoms with Gasteiger partial charge in [-0.2, -0.15) is 9.78 Å². The molecule has 10 heteroatoms.